The van der Waals surface area contributed by atoms with Gasteiger partial charge in [-0.3, -0.25) is 18.6 Å². The third-order valence-electron chi connectivity index (χ3n) is 16.1. The van der Waals surface area contributed by atoms with Crippen LogP contribution >= 0.6 is 7.82 Å². The molecule has 0 saturated heterocycles. The summed E-state index contributed by atoms with van der Waals surface area (Å²) in [7, 11) is 1.49. The van der Waals surface area contributed by atoms with Gasteiger partial charge in [-0.2, -0.15) is 0 Å². The van der Waals surface area contributed by atoms with Crippen molar-refractivity contribution in [3.05, 3.63) is 85.1 Å². The first kappa shape index (κ1) is 83.2. The van der Waals surface area contributed by atoms with Crippen LogP contribution in [-0.4, -0.2) is 74.3 Å². The molecule has 0 aromatic carbocycles. The van der Waals surface area contributed by atoms with E-state index in [1.807, 2.05) is 33.3 Å². The zero-order valence-electron chi connectivity index (χ0n) is 57.3. The molecule has 0 bridgehead atoms. The van der Waals surface area contributed by atoms with E-state index < -0.39 is 20.0 Å². The van der Waals surface area contributed by atoms with Crippen LogP contribution in [-0.2, 0) is 27.9 Å². The molecular weight excluding hydrogens is 1080 g/mol. The number of rotatable bonds is 66. The quantitative estimate of drug-likeness (QED) is 0.0205. The van der Waals surface area contributed by atoms with E-state index in [0.29, 0.717) is 17.4 Å². The molecule has 10 heteroatoms. The van der Waals surface area contributed by atoms with Gasteiger partial charge in [-0.1, -0.05) is 299 Å². The lowest BCUT2D eigenvalue weighted by molar-refractivity contribution is -0.870. The Hall–Kier alpha value is -2.81. The highest BCUT2D eigenvalue weighted by atomic mass is 31.2. The first-order chi connectivity index (χ1) is 41.9. The number of carbonyl (C=O) groups excluding carboxylic acids is 2. The van der Waals surface area contributed by atoms with E-state index >= 15 is 0 Å². The van der Waals surface area contributed by atoms with Crippen molar-refractivity contribution in [3.63, 3.8) is 0 Å². The monoisotopic (exact) mass is 1220 g/mol. The summed E-state index contributed by atoms with van der Waals surface area (Å²) >= 11 is 0. The van der Waals surface area contributed by atoms with E-state index in [4.69, 9.17) is 13.8 Å². The second-order valence-electron chi connectivity index (χ2n) is 25.8. The van der Waals surface area contributed by atoms with Crippen molar-refractivity contribution >= 4 is 19.7 Å². The number of amides is 1. The Morgan fingerprint density at radius 2 is 0.709 bits per heavy atom. The molecule has 2 N–H and O–H groups in total. The molecule has 0 spiro atoms. The lowest BCUT2D eigenvalue weighted by atomic mass is 10.0. The van der Waals surface area contributed by atoms with Crippen molar-refractivity contribution in [3.8, 4) is 0 Å². The van der Waals surface area contributed by atoms with Crippen LogP contribution in [0.2, 0.25) is 0 Å². The maximum Gasteiger partial charge on any atom is 0.472 e. The Bertz CT molecular complexity index is 1750. The summed E-state index contributed by atoms with van der Waals surface area (Å²) in [6.07, 6.45) is 87.3. The zero-order valence-corrected chi connectivity index (χ0v) is 58.2. The highest BCUT2D eigenvalue weighted by Crippen LogP contribution is 2.43. The van der Waals surface area contributed by atoms with Gasteiger partial charge >= 0.3 is 13.8 Å². The summed E-state index contributed by atoms with van der Waals surface area (Å²) < 4.78 is 30.9. The van der Waals surface area contributed by atoms with Gasteiger partial charge in [0.05, 0.1) is 33.8 Å². The molecule has 0 fully saturated rings. The molecule has 0 saturated carbocycles. The van der Waals surface area contributed by atoms with Crippen molar-refractivity contribution in [1.29, 1.82) is 0 Å². The first-order valence-corrected chi connectivity index (χ1v) is 37.9. The molecule has 500 valence electrons. The van der Waals surface area contributed by atoms with E-state index in [-0.39, 0.29) is 31.5 Å². The highest BCUT2D eigenvalue weighted by Gasteiger charge is 2.30. The molecule has 0 rings (SSSR count). The fourth-order valence-electron chi connectivity index (χ4n) is 10.4. The molecule has 3 atom stereocenters. The van der Waals surface area contributed by atoms with Gasteiger partial charge in [0.25, 0.3) is 0 Å². The lowest BCUT2D eigenvalue weighted by Crippen LogP contribution is -2.47. The third-order valence-corrected chi connectivity index (χ3v) is 17.0. The van der Waals surface area contributed by atoms with Crippen LogP contribution in [0.4, 0.5) is 0 Å². The predicted octanol–water partition coefficient (Wildman–Crippen LogP) is 23.3. The Kier molecular flexibility index (Phi) is 63.0. The SMILES string of the molecule is CCCCC/C=C\C/C=C\C/C=C\C/C=C\CCCCCCCCCCCC(=O)NC(COP(=O)(O)OCC[N+](C)(C)C)C(/C=C/CCCCCCCCCCCC)OC(=O)CCCCCCCCCCCCCCC/C=C\C/C=C\CCCCC. The van der Waals surface area contributed by atoms with Gasteiger partial charge in [-0.05, 0) is 109 Å². The second kappa shape index (κ2) is 65.2. The van der Waals surface area contributed by atoms with Crippen molar-refractivity contribution < 1.29 is 37.3 Å². The smallest absolute Gasteiger partial charge is 0.456 e. The molecular formula is C76H140N2O7P+. The number of carbonyl (C=O) groups is 2. The summed E-state index contributed by atoms with van der Waals surface area (Å²) in [5.74, 6) is -0.505. The van der Waals surface area contributed by atoms with Gasteiger partial charge in [0, 0.05) is 12.8 Å². The third kappa shape index (κ3) is 65.6. The number of esters is 1. The number of allylic oxidation sites excluding steroid dienone is 13. The zero-order chi connectivity index (χ0) is 62.8. The minimum Gasteiger partial charge on any atom is -0.456 e. The van der Waals surface area contributed by atoms with E-state index in [2.05, 4.69) is 99.0 Å². The van der Waals surface area contributed by atoms with E-state index in [9.17, 15) is 19.0 Å². The summed E-state index contributed by atoms with van der Waals surface area (Å²) in [5.41, 5.74) is 0. The van der Waals surface area contributed by atoms with Crippen LogP contribution in [0.15, 0.2) is 85.1 Å². The fraction of sp³-hybridized carbons (Fsp3) is 0.789. The van der Waals surface area contributed by atoms with Gasteiger partial charge in [-0.15, -0.1) is 0 Å². The second-order valence-corrected chi connectivity index (χ2v) is 27.2. The summed E-state index contributed by atoms with van der Waals surface area (Å²) in [6.45, 7) is 6.99. The molecule has 0 heterocycles. The van der Waals surface area contributed by atoms with E-state index in [1.54, 1.807) is 0 Å². The van der Waals surface area contributed by atoms with Crippen LogP contribution in [0.1, 0.15) is 335 Å². The summed E-state index contributed by atoms with van der Waals surface area (Å²) in [6, 6.07) is -0.856. The fourth-order valence-corrected chi connectivity index (χ4v) is 11.2. The van der Waals surface area contributed by atoms with Gasteiger partial charge in [0.15, 0.2) is 0 Å². The largest absolute Gasteiger partial charge is 0.472 e. The van der Waals surface area contributed by atoms with Gasteiger partial charge in [-0.25, -0.2) is 4.57 Å². The number of hydrogen-bond acceptors (Lipinski definition) is 6. The number of quaternary nitrogens is 1. The van der Waals surface area contributed by atoms with Crippen LogP contribution < -0.4 is 5.32 Å². The number of nitrogens with zero attached hydrogens (tertiary/aromatic N) is 1. The highest BCUT2D eigenvalue weighted by molar-refractivity contribution is 7.47. The molecule has 9 nitrogen and oxygen atoms in total. The molecule has 1 amide bonds. The van der Waals surface area contributed by atoms with Gasteiger partial charge in [0.2, 0.25) is 5.91 Å². The van der Waals surface area contributed by atoms with Crippen LogP contribution in [0.5, 0.6) is 0 Å². The maximum absolute atomic E-state index is 13.6. The minimum atomic E-state index is -4.46. The number of phosphoric acid groups is 1. The van der Waals surface area contributed by atoms with Crippen molar-refractivity contribution in [2.24, 2.45) is 0 Å². The summed E-state index contributed by atoms with van der Waals surface area (Å²) in [4.78, 5) is 37.9. The number of likely N-dealkylation sites (N-methyl/N-ethyl adjacent to an activating group) is 1. The van der Waals surface area contributed by atoms with Crippen LogP contribution in [0, 0.1) is 0 Å². The first-order valence-electron chi connectivity index (χ1n) is 36.4. The Morgan fingerprint density at radius 1 is 0.407 bits per heavy atom. The molecule has 0 aromatic heterocycles. The summed E-state index contributed by atoms with van der Waals surface area (Å²) in [5, 5.41) is 3.07. The van der Waals surface area contributed by atoms with Crippen molar-refractivity contribution in [2.45, 2.75) is 348 Å². The Morgan fingerprint density at radius 3 is 1.08 bits per heavy atom. The number of ether oxygens (including phenoxy) is 1. The van der Waals surface area contributed by atoms with E-state index in [1.165, 1.54) is 205 Å². The Balaban J connectivity index is 5.06. The van der Waals surface area contributed by atoms with Crippen molar-refractivity contribution in [1.82, 2.24) is 5.32 Å². The predicted molar refractivity (Wildman–Crippen MR) is 374 cm³/mol. The topological polar surface area (TPSA) is 111 Å². The molecule has 0 aliphatic carbocycles. The Labute approximate surface area is 533 Å². The number of phosphoric ester groups is 1. The number of nitrogens with one attached hydrogen (secondary N) is 1. The molecule has 0 radical (unpaired) electrons. The van der Waals surface area contributed by atoms with Crippen LogP contribution in [0.25, 0.3) is 0 Å². The average molecular weight is 1220 g/mol. The minimum absolute atomic E-state index is 0.0367. The number of hydrogen-bond donors (Lipinski definition) is 2. The molecule has 0 aliphatic heterocycles. The lowest BCUT2D eigenvalue weighted by Gasteiger charge is -2.27. The normalized spacial score (nSPS) is 14.0. The van der Waals surface area contributed by atoms with Gasteiger partial charge in [0.1, 0.15) is 19.3 Å². The average Bonchev–Trinajstić information content (AvgIpc) is 3.69. The maximum atomic E-state index is 13.6. The van der Waals surface area contributed by atoms with Gasteiger partial charge < -0.3 is 19.4 Å². The molecule has 3 unspecified atom stereocenters. The molecule has 86 heavy (non-hydrogen) atoms. The van der Waals surface area contributed by atoms with Crippen molar-refractivity contribution in [2.75, 3.05) is 40.9 Å². The molecule has 0 aliphatic rings. The standard InChI is InChI=1S/C76H139N2O7P/c1-7-10-13-16-19-22-25-28-30-32-34-36-38-39-41-42-44-46-48-50-53-56-59-62-65-68-75(79)77-73(72-84-86(81,82)83-71-70-78(4,5)6)74(67-64-61-58-55-52-27-24-21-18-15-12-9-3)85-76(80)69-66-63-60-57-54-51-49-47-45-43-40-37-35-33-31-29-26-23-20-17-14-11-8-2/h19-20,22-23,28-31,34,36,39,41,64,67,73-74H,7-18,21,24-27,32-33,35,37-38,40,42-63,65-66,68-72H2,1-6H3,(H-,77,79,81,82)/p+1/b22-19-,23-20-,30-28-,31-29-,36-34-,41-39-,67-64+. The van der Waals surface area contributed by atoms with Crippen LogP contribution in [0.3, 0.4) is 0 Å². The molecule has 0 aromatic rings. The number of unbranched alkanes of at least 4 members (excludes halogenated alkanes) is 38. The van der Waals surface area contributed by atoms with E-state index in [0.717, 1.165) is 96.3 Å².